The van der Waals surface area contributed by atoms with Crippen LogP contribution in [0.4, 0.5) is 0 Å². The molecule has 0 aliphatic carbocycles. The van der Waals surface area contributed by atoms with E-state index in [1.54, 1.807) is 24.3 Å². The monoisotopic (exact) mass is 386 g/mol. The molecule has 0 unspecified atom stereocenters. The third-order valence-electron chi connectivity index (χ3n) is 5.04. The predicted molar refractivity (Wildman–Crippen MR) is 106 cm³/mol. The van der Waals surface area contributed by atoms with E-state index in [4.69, 9.17) is 0 Å². The Morgan fingerprint density at radius 3 is 2.30 bits per heavy atom. The Bertz CT molecular complexity index is 856. The fourth-order valence-electron chi connectivity index (χ4n) is 3.34. The van der Waals surface area contributed by atoms with Crippen LogP contribution >= 0.6 is 0 Å². The molecule has 2 aromatic rings. The summed E-state index contributed by atoms with van der Waals surface area (Å²) < 4.78 is 27.0. The van der Waals surface area contributed by atoms with Gasteiger partial charge < -0.3 is 5.32 Å². The molecule has 0 bridgehead atoms. The SMILES string of the molecule is Cc1ccc(S(=O)(=O)N2CCC(C(=O)NCCc3ccccc3)CC2)cc1. The summed E-state index contributed by atoms with van der Waals surface area (Å²) in [4.78, 5) is 12.7. The Balaban J connectivity index is 1.49. The van der Waals surface area contributed by atoms with Gasteiger partial charge in [0.2, 0.25) is 15.9 Å². The molecule has 3 rings (SSSR count). The molecular weight excluding hydrogens is 360 g/mol. The lowest BCUT2D eigenvalue weighted by atomic mass is 9.97. The van der Waals surface area contributed by atoms with Gasteiger partial charge in [-0.2, -0.15) is 4.31 Å². The van der Waals surface area contributed by atoms with Crippen LogP contribution in [0.3, 0.4) is 0 Å². The molecule has 27 heavy (non-hydrogen) atoms. The Morgan fingerprint density at radius 2 is 1.67 bits per heavy atom. The third kappa shape index (κ3) is 4.96. The van der Waals surface area contributed by atoms with Gasteiger partial charge in [-0.25, -0.2) is 8.42 Å². The molecule has 1 aliphatic heterocycles. The summed E-state index contributed by atoms with van der Waals surface area (Å²) in [6.07, 6.45) is 1.91. The maximum Gasteiger partial charge on any atom is 0.243 e. The number of aryl methyl sites for hydroxylation is 1. The van der Waals surface area contributed by atoms with Crippen LogP contribution in [0, 0.1) is 12.8 Å². The van der Waals surface area contributed by atoms with Gasteiger partial charge in [0.05, 0.1) is 4.90 Å². The fourth-order valence-corrected chi connectivity index (χ4v) is 4.81. The van der Waals surface area contributed by atoms with Crippen LogP contribution in [0.15, 0.2) is 59.5 Å². The number of amides is 1. The van der Waals surface area contributed by atoms with Crippen LogP contribution in [0.1, 0.15) is 24.0 Å². The van der Waals surface area contributed by atoms with E-state index in [0.717, 1.165) is 12.0 Å². The standard InChI is InChI=1S/C21H26N2O3S/c1-17-7-9-20(10-8-17)27(25,26)23-15-12-19(13-16-23)21(24)22-14-11-18-5-3-2-4-6-18/h2-10,19H,11-16H2,1H3,(H,22,24). The number of carbonyl (C=O) groups is 1. The van der Waals surface area contributed by atoms with Crippen molar-refractivity contribution in [1.29, 1.82) is 0 Å². The van der Waals surface area contributed by atoms with Gasteiger partial charge in [0.1, 0.15) is 0 Å². The van der Waals surface area contributed by atoms with Crippen LogP contribution in [-0.4, -0.2) is 38.3 Å². The van der Waals surface area contributed by atoms with E-state index in [9.17, 15) is 13.2 Å². The number of carbonyl (C=O) groups excluding carboxylic acids is 1. The van der Waals surface area contributed by atoms with Gasteiger partial charge in [0.25, 0.3) is 0 Å². The number of hydrogen-bond acceptors (Lipinski definition) is 3. The summed E-state index contributed by atoms with van der Waals surface area (Å²) in [5.41, 5.74) is 2.22. The zero-order chi connectivity index (χ0) is 19.3. The molecule has 2 aromatic carbocycles. The highest BCUT2D eigenvalue weighted by Gasteiger charge is 2.31. The molecule has 0 spiro atoms. The quantitative estimate of drug-likeness (QED) is 0.830. The molecule has 1 N–H and O–H groups in total. The van der Waals surface area contributed by atoms with Crippen molar-refractivity contribution < 1.29 is 13.2 Å². The van der Waals surface area contributed by atoms with Gasteiger partial charge in [-0.3, -0.25) is 4.79 Å². The van der Waals surface area contributed by atoms with E-state index >= 15 is 0 Å². The van der Waals surface area contributed by atoms with Gasteiger partial charge in [-0.05, 0) is 43.9 Å². The Kier molecular flexibility index (Phi) is 6.29. The third-order valence-corrected chi connectivity index (χ3v) is 6.95. The first-order valence-electron chi connectivity index (χ1n) is 9.35. The van der Waals surface area contributed by atoms with Crippen LogP contribution in [0.5, 0.6) is 0 Å². The molecule has 0 saturated carbocycles. The molecule has 6 heteroatoms. The first kappa shape index (κ1) is 19.6. The lowest BCUT2D eigenvalue weighted by Crippen LogP contribution is -2.43. The second-order valence-corrected chi connectivity index (χ2v) is 8.96. The zero-order valence-electron chi connectivity index (χ0n) is 15.6. The minimum Gasteiger partial charge on any atom is -0.356 e. The van der Waals surface area contributed by atoms with E-state index in [2.05, 4.69) is 5.32 Å². The number of piperidine rings is 1. The molecular formula is C21H26N2O3S. The van der Waals surface area contributed by atoms with E-state index in [-0.39, 0.29) is 11.8 Å². The zero-order valence-corrected chi connectivity index (χ0v) is 16.4. The van der Waals surface area contributed by atoms with E-state index in [1.165, 1.54) is 9.87 Å². The lowest BCUT2D eigenvalue weighted by Gasteiger charge is -2.30. The first-order valence-corrected chi connectivity index (χ1v) is 10.8. The van der Waals surface area contributed by atoms with Crippen molar-refractivity contribution in [2.24, 2.45) is 5.92 Å². The topological polar surface area (TPSA) is 66.5 Å². The summed E-state index contributed by atoms with van der Waals surface area (Å²) in [5.74, 6) is -0.0939. The molecule has 0 aromatic heterocycles. The Hall–Kier alpha value is -2.18. The Labute approximate surface area is 161 Å². The smallest absolute Gasteiger partial charge is 0.243 e. The van der Waals surface area contributed by atoms with Gasteiger partial charge in [-0.15, -0.1) is 0 Å². The summed E-state index contributed by atoms with van der Waals surface area (Å²) in [6, 6.07) is 16.9. The highest BCUT2D eigenvalue weighted by molar-refractivity contribution is 7.89. The average molecular weight is 387 g/mol. The fraction of sp³-hybridized carbons (Fsp3) is 0.381. The molecule has 1 aliphatic rings. The number of sulfonamides is 1. The van der Waals surface area contributed by atoms with Crippen molar-refractivity contribution in [1.82, 2.24) is 9.62 Å². The second kappa shape index (κ2) is 8.67. The summed E-state index contributed by atoms with van der Waals surface area (Å²) in [6.45, 7) is 3.29. The highest BCUT2D eigenvalue weighted by atomic mass is 32.2. The average Bonchev–Trinajstić information content (AvgIpc) is 2.69. The molecule has 1 saturated heterocycles. The minimum absolute atomic E-state index is 0.0262. The number of nitrogens with zero attached hydrogens (tertiary/aromatic N) is 1. The maximum absolute atomic E-state index is 12.7. The summed E-state index contributed by atoms with van der Waals surface area (Å²) >= 11 is 0. The molecule has 1 fully saturated rings. The molecule has 0 atom stereocenters. The molecule has 1 heterocycles. The second-order valence-electron chi connectivity index (χ2n) is 7.02. The van der Waals surface area contributed by atoms with Crippen LogP contribution in [-0.2, 0) is 21.2 Å². The number of nitrogens with one attached hydrogen (secondary N) is 1. The molecule has 144 valence electrons. The van der Waals surface area contributed by atoms with Crippen molar-refractivity contribution >= 4 is 15.9 Å². The Morgan fingerprint density at radius 1 is 1.04 bits per heavy atom. The van der Waals surface area contributed by atoms with Crippen molar-refractivity contribution in [3.8, 4) is 0 Å². The maximum atomic E-state index is 12.7. The van der Waals surface area contributed by atoms with Gasteiger partial charge in [0.15, 0.2) is 0 Å². The highest BCUT2D eigenvalue weighted by Crippen LogP contribution is 2.24. The van der Waals surface area contributed by atoms with Gasteiger partial charge in [0, 0.05) is 25.6 Å². The number of benzene rings is 2. The van der Waals surface area contributed by atoms with Crippen LogP contribution in [0.2, 0.25) is 0 Å². The van der Waals surface area contributed by atoms with Crippen molar-refractivity contribution in [3.63, 3.8) is 0 Å². The summed E-state index contributed by atoms with van der Waals surface area (Å²) in [7, 11) is -3.48. The number of hydrogen-bond donors (Lipinski definition) is 1. The minimum atomic E-state index is -3.48. The largest absolute Gasteiger partial charge is 0.356 e. The van der Waals surface area contributed by atoms with Crippen LogP contribution in [0.25, 0.3) is 0 Å². The van der Waals surface area contributed by atoms with E-state index in [1.807, 2.05) is 37.3 Å². The van der Waals surface area contributed by atoms with Gasteiger partial charge in [-0.1, -0.05) is 48.0 Å². The number of rotatable bonds is 6. The van der Waals surface area contributed by atoms with E-state index in [0.29, 0.717) is 37.4 Å². The van der Waals surface area contributed by atoms with Crippen molar-refractivity contribution in [2.75, 3.05) is 19.6 Å². The van der Waals surface area contributed by atoms with Crippen molar-refractivity contribution in [3.05, 3.63) is 65.7 Å². The normalized spacial score (nSPS) is 16.2. The van der Waals surface area contributed by atoms with E-state index < -0.39 is 10.0 Å². The molecule has 0 radical (unpaired) electrons. The first-order chi connectivity index (χ1) is 13.0. The summed E-state index contributed by atoms with van der Waals surface area (Å²) in [5, 5.41) is 2.99. The molecule has 5 nitrogen and oxygen atoms in total. The molecule has 1 amide bonds. The van der Waals surface area contributed by atoms with Gasteiger partial charge >= 0.3 is 0 Å². The van der Waals surface area contributed by atoms with Crippen molar-refractivity contribution in [2.45, 2.75) is 31.1 Å². The predicted octanol–water partition coefficient (Wildman–Crippen LogP) is 2.75. The van der Waals surface area contributed by atoms with Crippen LogP contribution < -0.4 is 5.32 Å². The lowest BCUT2D eigenvalue weighted by molar-refractivity contribution is -0.126.